The first-order chi connectivity index (χ1) is 13.1. The summed E-state index contributed by atoms with van der Waals surface area (Å²) in [6.45, 7) is 0.253. The Kier molecular flexibility index (Phi) is 4.57. The molecule has 0 atom stereocenters. The second kappa shape index (κ2) is 7.17. The van der Waals surface area contributed by atoms with Crippen LogP contribution in [0.5, 0.6) is 0 Å². The maximum absolute atomic E-state index is 12.9. The van der Waals surface area contributed by atoms with Crippen LogP contribution in [0.2, 0.25) is 5.02 Å². The van der Waals surface area contributed by atoms with Gasteiger partial charge in [0.1, 0.15) is 5.76 Å². The van der Waals surface area contributed by atoms with Gasteiger partial charge in [0, 0.05) is 22.0 Å². The molecular weight excluding hydrogens is 360 g/mol. The van der Waals surface area contributed by atoms with E-state index < -0.39 is 0 Å². The van der Waals surface area contributed by atoms with Gasteiger partial charge in [0.05, 0.1) is 17.8 Å². The highest BCUT2D eigenvalue weighted by atomic mass is 35.5. The van der Waals surface area contributed by atoms with Crippen LogP contribution in [0.25, 0.3) is 5.76 Å². The van der Waals surface area contributed by atoms with Crippen LogP contribution >= 0.6 is 11.6 Å². The Morgan fingerprint density at radius 3 is 2.33 bits per heavy atom. The van der Waals surface area contributed by atoms with Crippen molar-refractivity contribution in [3.63, 3.8) is 0 Å². The zero-order valence-corrected chi connectivity index (χ0v) is 15.1. The lowest BCUT2D eigenvalue weighted by atomic mass is 9.98. The molecule has 1 aliphatic rings. The Hall–Kier alpha value is -3.24. The van der Waals surface area contributed by atoms with E-state index >= 15 is 0 Å². The van der Waals surface area contributed by atoms with Crippen LogP contribution in [-0.2, 0) is 4.79 Å². The van der Waals surface area contributed by atoms with Crippen LogP contribution in [0.15, 0.2) is 84.4 Å². The predicted octanol–water partition coefficient (Wildman–Crippen LogP) is 5.40. The fraction of sp³-hybridized carbons (Fsp3) is 0.0455. The normalized spacial score (nSPS) is 13.3. The third-order valence-electron chi connectivity index (χ3n) is 4.48. The Labute approximate surface area is 162 Å². The molecule has 1 aliphatic heterocycles. The van der Waals surface area contributed by atoms with Gasteiger partial charge in [0.2, 0.25) is 0 Å². The van der Waals surface area contributed by atoms with Gasteiger partial charge >= 0.3 is 0 Å². The number of fused-ring (bicyclic) bond motifs is 1. The van der Waals surface area contributed by atoms with Gasteiger partial charge in [-0.3, -0.25) is 4.79 Å². The van der Waals surface area contributed by atoms with Crippen LogP contribution in [-0.4, -0.2) is 17.6 Å². The van der Waals surface area contributed by atoms with Gasteiger partial charge in [-0.15, -0.1) is 0 Å². The van der Waals surface area contributed by atoms with Crippen molar-refractivity contribution in [2.75, 3.05) is 16.8 Å². The lowest BCUT2D eigenvalue weighted by Gasteiger charge is -2.32. The Morgan fingerprint density at radius 2 is 1.63 bits per heavy atom. The zero-order valence-electron chi connectivity index (χ0n) is 14.4. The third-order valence-corrected chi connectivity index (χ3v) is 4.72. The molecule has 0 radical (unpaired) electrons. The Bertz CT molecular complexity index is 1020. The van der Waals surface area contributed by atoms with Crippen LogP contribution in [0, 0.1) is 0 Å². The fourth-order valence-corrected chi connectivity index (χ4v) is 3.33. The molecule has 4 nitrogen and oxygen atoms in total. The molecule has 3 aromatic rings. The number of nitrogens with one attached hydrogen (secondary N) is 1. The van der Waals surface area contributed by atoms with Gasteiger partial charge in [-0.25, -0.2) is 0 Å². The van der Waals surface area contributed by atoms with Gasteiger partial charge in [0.15, 0.2) is 0 Å². The first-order valence-corrected chi connectivity index (χ1v) is 8.92. The molecular formula is C22H17ClN2O2. The number of amides is 1. The van der Waals surface area contributed by atoms with Crippen molar-refractivity contribution in [2.24, 2.45) is 0 Å². The van der Waals surface area contributed by atoms with Gasteiger partial charge in [-0.2, -0.15) is 0 Å². The summed E-state index contributed by atoms with van der Waals surface area (Å²) in [6.07, 6.45) is 0. The summed E-state index contributed by atoms with van der Waals surface area (Å²) < 4.78 is 0. The Morgan fingerprint density at radius 1 is 0.963 bits per heavy atom. The Balaban J connectivity index is 1.77. The molecule has 0 spiro atoms. The summed E-state index contributed by atoms with van der Waals surface area (Å²) >= 11 is 6.14. The van der Waals surface area contributed by atoms with Gasteiger partial charge in [-0.05, 0) is 42.5 Å². The molecule has 0 unspecified atom stereocenters. The van der Waals surface area contributed by atoms with E-state index in [9.17, 15) is 9.90 Å². The second-order valence-electron chi connectivity index (χ2n) is 6.23. The number of aliphatic hydroxyl groups is 1. The molecule has 0 saturated heterocycles. The highest BCUT2D eigenvalue weighted by Crippen LogP contribution is 2.39. The molecule has 0 aliphatic carbocycles. The van der Waals surface area contributed by atoms with E-state index in [2.05, 4.69) is 5.32 Å². The van der Waals surface area contributed by atoms with Gasteiger partial charge in [0.25, 0.3) is 5.91 Å². The van der Waals surface area contributed by atoms with Crippen molar-refractivity contribution < 1.29 is 9.90 Å². The first-order valence-electron chi connectivity index (χ1n) is 8.54. The lowest BCUT2D eigenvalue weighted by Crippen LogP contribution is -2.31. The van der Waals surface area contributed by atoms with Crippen LogP contribution < -0.4 is 10.2 Å². The summed E-state index contributed by atoms with van der Waals surface area (Å²) in [4.78, 5) is 14.9. The maximum atomic E-state index is 12.9. The topological polar surface area (TPSA) is 52.6 Å². The lowest BCUT2D eigenvalue weighted by molar-refractivity contribution is -0.112. The first kappa shape index (κ1) is 17.2. The number of hydrogen-bond donors (Lipinski definition) is 2. The number of para-hydroxylation sites is 2. The van der Waals surface area contributed by atoms with Crippen molar-refractivity contribution in [3.05, 3.63) is 95.0 Å². The van der Waals surface area contributed by atoms with E-state index in [0.717, 1.165) is 11.4 Å². The molecule has 0 aromatic heterocycles. The number of halogens is 1. The minimum atomic E-state index is -0.342. The molecule has 0 saturated carbocycles. The van der Waals surface area contributed by atoms with E-state index in [4.69, 9.17) is 11.6 Å². The molecule has 1 heterocycles. The second-order valence-corrected chi connectivity index (χ2v) is 6.67. The quantitative estimate of drug-likeness (QED) is 0.643. The minimum absolute atomic E-state index is 0.0480. The molecule has 5 heteroatoms. The monoisotopic (exact) mass is 376 g/mol. The number of carbonyl (C=O) groups excluding carboxylic acids is 1. The molecule has 134 valence electrons. The highest BCUT2D eigenvalue weighted by molar-refractivity contribution is 6.31. The number of nitrogens with zero attached hydrogens (tertiary/aromatic N) is 1. The maximum Gasteiger partial charge on any atom is 0.257 e. The predicted molar refractivity (Wildman–Crippen MR) is 110 cm³/mol. The molecule has 0 bridgehead atoms. The van der Waals surface area contributed by atoms with Crippen LogP contribution in [0.3, 0.4) is 0 Å². The number of anilines is 3. The van der Waals surface area contributed by atoms with E-state index in [1.807, 2.05) is 59.5 Å². The van der Waals surface area contributed by atoms with E-state index in [-0.39, 0.29) is 23.8 Å². The number of rotatable bonds is 3. The zero-order chi connectivity index (χ0) is 18.8. The highest BCUT2D eigenvalue weighted by Gasteiger charge is 2.29. The molecule has 27 heavy (non-hydrogen) atoms. The van der Waals surface area contributed by atoms with Crippen molar-refractivity contribution >= 4 is 40.3 Å². The van der Waals surface area contributed by atoms with Gasteiger partial charge in [-0.1, -0.05) is 48.0 Å². The van der Waals surface area contributed by atoms with E-state index in [0.29, 0.717) is 16.3 Å². The number of benzene rings is 3. The third kappa shape index (κ3) is 3.39. The van der Waals surface area contributed by atoms with E-state index in [1.165, 1.54) is 0 Å². The van der Waals surface area contributed by atoms with E-state index in [1.54, 1.807) is 24.3 Å². The largest absolute Gasteiger partial charge is 0.507 e. The molecule has 3 aromatic carbocycles. The fourth-order valence-electron chi connectivity index (χ4n) is 3.16. The van der Waals surface area contributed by atoms with Crippen molar-refractivity contribution in [1.29, 1.82) is 0 Å². The summed E-state index contributed by atoms with van der Waals surface area (Å²) in [5.41, 5.74) is 3.23. The number of hydrogen-bond acceptors (Lipinski definition) is 3. The molecule has 1 amide bonds. The summed E-state index contributed by atoms with van der Waals surface area (Å²) in [6, 6.07) is 24.2. The van der Waals surface area contributed by atoms with Gasteiger partial charge < -0.3 is 15.3 Å². The summed E-state index contributed by atoms with van der Waals surface area (Å²) in [7, 11) is 0. The minimum Gasteiger partial charge on any atom is -0.507 e. The summed E-state index contributed by atoms with van der Waals surface area (Å²) in [5.74, 6) is -0.390. The molecule has 2 N–H and O–H groups in total. The average Bonchev–Trinajstić information content (AvgIpc) is 2.70. The number of aliphatic hydroxyl groups excluding tert-OH is 1. The van der Waals surface area contributed by atoms with Crippen LogP contribution in [0.4, 0.5) is 17.1 Å². The molecule has 4 rings (SSSR count). The van der Waals surface area contributed by atoms with Crippen molar-refractivity contribution in [3.8, 4) is 0 Å². The van der Waals surface area contributed by atoms with Crippen molar-refractivity contribution in [2.45, 2.75) is 0 Å². The molecule has 0 fully saturated rings. The standard InChI is InChI=1S/C22H17ClN2O2/c23-15-11-12-20-18(13-15)21(26)19(14-25(20)17-9-5-2-6-10-17)22(27)24-16-7-3-1-4-8-16/h1-13,26H,14H2,(H,24,27). The number of carbonyl (C=O) groups is 1. The van der Waals surface area contributed by atoms with Crippen molar-refractivity contribution in [1.82, 2.24) is 0 Å². The smallest absolute Gasteiger partial charge is 0.257 e. The SMILES string of the molecule is O=C(Nc1ccccc1)C1=C(O)c2cc(Cl)ccc2N(c2ccccc2)C1. The summed E-state index contributed by atoms with van der Waals surface area (Å²) in [5, 5.41) is 14.1. The average molecular weight is 377 g/mol. The van der Waals surface area contributed by atoms with Crippen LogP contribution in [0.1, 0.15) is 5.56 Å².